The van der Waals surface area contributed by atoms with Crippen LogP contribution in [0.5, 0.6) is 0 Å². The Morgan fingerprint density at radius 1 is 1.24 bits per heavy atom. The monoisotopic (exact) mass is 248 g/mol. The van der Waals surface area contributed by atoms with Crippen LogP contribution in [0.15, 0.2) is 36.8 Å². The molecule has 0 fully saturated rings. The molecule has 0 bridgehead atoms. The van der Waals surface area contributed by atoms with Gasteiger partial charge < -0.3 is 4.57 Å². The maximum Gasteiger partial charge on any atom is 0.0951 e. The average Bonchev–Trinajstić information content (AvgIpc) is 2.77. The number of nitrogens with zero attached hydrogens (tertiary/aromatic N) is 2. The lowest BCUT2D eigenvalue weighted by molar-refractivity contribution is 0.763. The molecule has 0 spiro atoms. The second-order valence-corrected chi connectivity index (χ2v) is 4.81. The van der Waals surface area contributed by atoms with Gasteiger partial charge >= 0.3 is 0 Å². The fourth-order valence-electron chi connectivity index (χ4n) is 1.81. The fraction of sp³-hybridized carbons (Fsp3) is 0.357. The summed E-state index contributed by atoms with van der Waals surface area (Å²) in [6.45, 7) is 5.24. The third-order valence-electron chi connectivity index (χ3n) is 2.93. The Kier molecular flexibility index (Phi) is 3.85. The van der Waals surface area contributed by atoms with E-state index in [0.717, 1.165) is 12.2 Å². The molecular weight excluding hydrogens is 232 g/mol. The van der Waals surface area contributed by atoms with Crippen molar-refractivity contribution >= 4 is 11.6 Å². The minimum Gasteiger partial charge on any atom is -0.329 e. The van der Waals surface area contributed by atoms with Crippen LogP contribution in [0.25, 0.3) is 0 Å². The van der Waals surface area contributed by atoms with Gasteiger partial charge in [0.2, 0.25) is 0 Å². The van der Waals surface area contributed by atoms with E-state index in [9.17, 15) is 0 Å². The van der Waals surface area contributed by atoms with Crippen LogP contribution in [-0.2, 0) is 12.4 Å². The van der Waals surface area contributed by atoms with Crippen LogP contribution in [0.1, 0.15) is 36.6 Å². The second-order valence-electron chi connectivity index (χ2n) is 4.54. The number of imidazole rings is 1. The second kappa shape index (κ2) is 5.37. The van der Waals surface area contributed by atoms with Crippen LogP contribution in [0.4, 0.5) is 0 Å². The topological polar surface area (TPSA) is 17.8 Å². The molecule has 0 saturated heterocycles. The summed E-state index contributed by atoms with van der Waals surface area (Å²) in [6.07, 6.45) is 3.64. The molecule has 0 atom stereocenters. The number of hydrogen-bond acceptors (Lipinski definition) is 1. The minimum absolute atomic E-state index is 0.504. The predicted molar refractivity (Wildman–Crippen MR) is 71.4 cm³/mol. The Hall–Kier alpha value is -1.28. The summed E-state index contributed by atoms with van der Waals surface area (Å²) in [5.74, 6) is 1.08. The van der Waals surface area contributed by atoms with Crippen molar-refractivity contribution in [3.63, 3.8) is 0 Å². The maximum absolute atomic E-state index is 5.85. The lowest BCUT2D eigenvalue weighted by atomic mass is 10.0. The molecule has 3 heteroatoms. The van der Waals surface area contributed by atoms with Gasteiger partial charge in [-0.15, -0.1) is 11.6 Å². The van der Waals surface area contributed by atoms with Crippen molar-refractivity contribution in [2.24, 2.45) is 0 Å². The Balaban J connectivity index is 2.14. The van der Waals surface area contributed by atoms with Crippen LogP contribution in [0, 0.1) is 0 Å². The predicted octanol–water partition coefficient (Wildman–Crippen LogP) is 3.79. The highest BCUT2D eigenvalue weighted by Crippen LogP contribution is 2.16. The van der Waals surface area contributed by atoms with Gasteiger partial charge in [0.05, 0.1) is 17.9 Å². The first-order valence-corrected chi connectivity index (χ1v) is 6.38. The summed E-state index contributed by atoms with van der Waals surface area (Å²) in [6, 6.07) is 8.73. The summed E-state index contributed by atoms with van der Waals surface area (Å²) in [7, 11) is 0. The zero-order valence-corrected chi connectivity index (χ0v) is 11.0. The highest BCUT2D eigenvalue weighted by Gasteiger charge is 2.03. The summed E-state index contributed by atoms with van der Waals surface area (Å²) < 4.78 is 2.08. The van der Waals surface area contributed by atoms with Crippen LogP contribution in [0.3, 0.4) is 0 Å². The molecule has 17 heavy (non-hydrogen) atoms. The van der Waals surface area contributed by atoms with Gasteiger partial charge in [0.1, 0.15) is 0 Å². The number of benzene rings is 1. The van der Waals surface area contributed by atoms with Gasteiger partial charge in [-0.25, -0.2) is 4.98 Å². The number of rotatable bonds is 4. The molecular formula is C14H17ClN2. The van der Waals surface area contributed by atoms with E-state index in [2.05, 4.69) is 47.7 Å². The molecule has 1 aromatic carbocycles. The van der Waals surface area contributed by atoms with Crippen molar-refractivity contribution in [3.8, 4) is 0 Å². The van der Waals surface area contributed by atoms with Gasteiger partial charge in [0.25, 0.3) is 0 Å². The van der Waals surface area contributed by atoms with Crippen LogP contribution in [0.2, 0.25) is 0 Å². The molecule has 0 radical (unpaired) electrons. The van der Waals surface area contributed by atoms with E-state index < -0.39 is 0 Å². The Morgan fingerprint density at radius 2 is 1.94 bits per heavy atom. The van der Waals surface area contributed by atoms with Gasteiger partial charge in [0, 0.05) is 12.7 Å². The van der Waals surface area contributed by atoms with Crippen molar-refractivity contribution in [2.45, 2.75) is 32.2 Å². The average molecular weight is 249 g/mol. The molecule has 0 aliphatic rings. The van der Waals surface area contributed by atoms with Crippen molar-refractivity contribution in [3.05, 3.63) is 53.6 Å². The number of hydrogen-bond donors (Lipinski definition) is 0. The summed E-state index contributed by atoms with van der Waals surface area (Å²) in [5.41, 5.74) is 3.70. The normalized spacial score (nSPS) is 11.1. The zero-order chi connectivity index (χ0) is 12.3. The Bertz CT molecular complexity index is 471. The third-order valence-corrected chi connectivity index (χ3v) is 3.21. The molecule has 2 rings (SSSR count). The first kappa shape index (κ1) is 12.2. The fourth-order valence-corrected chi connectivity index (χ4v) is 2.03. The molecule has 1 heterocycles. The largest absolute Gasteiger partial charge is 0.329 e. The summed E-state index contributed by atoms with van der Waals surface area (Å²) in [4.78, 5) is 4.11. The van der Waals surface area contributed by atoms with Crippen molar-refractivity contribution < 1.29 is 0 Å². The van der Waals surface area contributed by atoms with E-state index in [-0.39, 0.29) is 0 Å². The van der Waals surface area contributed by atoms with E-state index in [1.54, 1.807) is 0 Å². The van der Waals surface area contributed by atoms with Gasteiger partial charge in [0.15, 0.2) is 0 Å². The molecule has 2 aromatic rings. The van der Waals surface area contributed by atoms with Crippen LogP contribution >= 0.6 is 11.6 Å². The number of aromatic nitrogens is 2. The van der Waals surface area contributed by atoms with E-state index >= 15 is 0 Å². The highest BCUT2D eigenvalue weighted by molar-refractivity contribution is 6.16. The third kappa shape index (κ3) is 2.89. The van der Waals surface area contributed by atoms with Crippen LogP contribution in [-0.4, -0.2) is 9.55 Å². The smallest absolute Gasteiger partial charge is 0.0951 e. The quantitative estimate of drug-likeness (QED) is 0.753. The zero-order valence-electron chi connectivity index (χ0n) is 10.2. The molecule has 0 unspecified atom stereocenters. The Labute approximate surface area is 107 Å². The van der Waals surface area contributed by atoms with E-state index in [4.69, 9.17) is 11.6 Å². The van der Waals surface area contributed by atoms with E-state index in [1.807, 2.05) is 12.5 Å². The van der Waals surface area contributed by atoms with Crippen molar-refractivity contribution in [2.75, 3.05) is 0 Å². The van der Waals surface area contributed by atoms with E-state index in [1.165, 1.54) is 11.1 Å². The number of halogens is 1. The minimum atomic E-state index is 0.504. The molecule has 0 aliphatic carbocycles. The van der Waals surface area contributed by atoms with Crippen molar-refractivity contribution in [1.82, 2.24) is 9.55 Å². The molecule has 90 valence electrons. The molecule has 1 aromatic heterocycles. The van der Waals surface area contributed by atoms with Gasteiger partial charge in [-0.3, -0.25) is 0 Å². The maximum atomic E-state index is 5.85. The molecule has 0 saturated carbocycles. The van der Waals surface area contributed by atoms with E-state index in [0.29, 0.717) is 11.8 Å². The molecule has 0 N–H and O–H groups in total. The van der Waals surface area contributed by atoms with Gasteiger partial charge in [-0.1, -0.05) is 38.1 Å². The van der Waals surface area contributed by atoms with Crippen molar-refractivity contribution in [1.29, 1.82) is 0 Å². The molecule has 0 aliphatic heterocycles. The first-order chi connectivity index (χ1) is 8.20. The SMILES string of the molecule is CC(C)c1ccc(Cn2cncc2CCl)cc1. The van der Waals surface area contributed by atoms with Gasteiger partial charge in [-0.05, 0) is 17.0 Å². The lowest BCUT2D eigenvalue weighted by Gasteiger charge is -2.09. The molecule has 0 amide bonds. The number of alkyl halides is 1. The first-order valence-electron chi connectivity index (χ1n) is 5.84. The standard InChI is InChI=1S/C14H17ClN2/c1-11(2)13-5-3-12(4-6-13)9-17-10-16-8-14(17)7-15/h3-6,8,10-11H,7,9H2,1-2H3. The summed E-state index contributed by atoms with van der Waals surface area (Å²) in [5, 5.41) is 0. The van der Waals surface area contributed by atoms with Gasteiger partial charge in [-0.2, -0.15) is 0 Å². The molecule has 2 nitrogen and oxygen atoms in total. The van der Waals surface area contributed by atoms with Crippen LogP contribution < -0.4 is 0 Å². The lowest BCUT2D eigenvalue weighted by Crippen LogP contribution is -2.01. The highest BCUT2D eigenvalue weighted by atomic mass is 35.5. The Morgan fingerprint density at radius 3 is 2.53 bits per heavy atom. The summed E-state index contributed by atoms with van der Waals surface area (Å²) >= 11 is 5.85.